The van der Waals surface area contributed by atoms with Gasteiger partial charge in [0.15, 0.2) is 0 Å². The Hall–Kier alpha value is -1.63. The van der Waals surface area contributed by atoms with Gasteiger partial charge in [-0.15, -0.1) is 0 Å². The monoisotopic (exact) mass is 265 g/mol. The zero-order chi connectivity index (χ0) is 14.1. The van der Waals surface area contributed by atoms with E-state index in [2.05, 4.69) is 50.0 Å². The molecule has 3 rings (SSSR count). The second-order valence-electron chi connectivity index (χ2n) is 6.38. The molecule has 0 N–H and O–H groups in total. The summed E-state index contributed by atoms with van der Waals surface area (Å²) in [5.41, 5.74) is 7.13. The van der Waals surface area contributed by atoms with Crippen LogP contribution in [0.5, 0.6) is 0 Å². The molecule has 104 valence electrons. The summed E-state index contributed by atoms with van der Waals surface area (Å²) in [5, 5.41) is 0. The summed E-state index contributed by atoms with van der Waals surface area (Å²) in [4.78, 5) is 4.32. The van der Waals surface area contributed by atoms with E-state index in [1.54, 1.807) is 11.1 Å². The molecule has 0 saturated carbocycles. The van der Waals surface area contributed by atoms with E-state index in [0.717, 1.165) is 11.8 Å². The molecule has 0 fully saturated rings. The van der Waals surface area contributed by atoms with Crippen LogP contribution in [0.1, 0.15) is 37.0 Å². The van der Waals surface area contributed by atoms with Crippen LogP contribution in [0, 0.1) is 18.8 Å². The Morgan fingerprint density at radius 1 is 1.15 bits per heavy atom. The molecule has 1 unspecified atom stereocenters. The van der Waals surface area contributed by atoms with Crippen molar-refractivity contribution in [3.8, 4) is 11.1 Å². The number of aryl methyl sites for hydroxylation is 2. The average molecular weight is 265 g/mol. The number of fused-ring (bicyclic) bond motifs is 1. The predicted molar refractivity (Wildman–Crippen MR) is 84.8 cm³/mol. The lowest BCUT2D eigenvalue weighted by Crippen LogP contribution is -2.19. The van der Waals surface area contributed by atoms with Gasteiger partial charge in [-0.2, -0.15) is 0 Å². The first-order valence-electron chi connectivity index (χ1n) is 7.68. The van der Waals surface area contributed by atoms with Crippen LogP contribution >= 0.6 is 0 Å². The number of aromatic nitrogens is 1. The minimum Gasteiger partial charge on any atom is -0.264 e. The highest BCUT2D eigenvalue weighted by Crippen LogP contribution is 2.36. The van der Waals surface area contributed by atoms with Gasteiger partial charge in [-0.25, -0.2) is 0 Å². The second kappa shape index (κ2) is 5.40. The molecule has 0 amide bonds. The van der Waals surface area contributed by atoms with Crippen LogP contribution < -0.4 is 0 Å². The van der Waals surface area contributed by atoms with Crippen molar-refractivity contribution in [2.45, 2.75) is 40.0 Å². The lowest BCUT2D eigenvalue weighted by molar-refractivity contribution is 0.343. The van der Waals surface area contributed by atoms with Crippen LogP contribution in [0.3, 0.4) is 0 Å². The van der Waals surface area contributed by atoms with Gasteiger partial charge in [0.2, 0.25) is 0 Å². The first-order chi connectivity index (χ1) is 9.66. The van der Waals surface area contributed by atoms with Gasteiger partial charge >= 0.3 is 0 Å². The van der Waals surface area contributed by atoms with E-state index in [0.29, 0.717) is 0 Å². The quantitative estimate of drug-likeness (QED) is 0.758. The summed E-state index contributed by atoms with van der Waals surface area (Å²) < 4.78 is 0. The molecule has 0 bridgehead atoms. The minimum atomic E-state index is 0.770. The molecule has 0 saturated heterocycles. The molecule has 0 spiro atoms. The highest BCUT2D eigenvalue weighted by atomic mass is 14.6. The molecule has 1 aliphatic carbocycles. The lowest BCUT2D eigenvalue weighted by atomic mass is 9.76. The molecule has 20 heavy (non-hydrogen) atoms. The first kappa shape index (κ1) is 13.4. The number of pyridine rings is 1. The smallest absolute Gasteiger partial charge is 0.0349 e. The highest BCUT2D eigenvalue weighted by Gasteiger charge is 2.23. The van der Waals surface area contributed by atoms with Crippen molar-refractivity contribution in [2.75, 3.05) is 0 Å². The van der Waals surface area contributed by atoms with Crippen molar-refractivity contribution in [3.05, 3.63) is 53.3 Å². The Labute approximate surface area is 122 Å². The lowest BCUT2D eigenvalue weighted by Gasteiger charge is -2.29. The number of nitrogens with zero attached hydrogens (tertiary/aromatic N) is 1. The maximum atomic E-state index is 4.32. The zero-order valence-corrected chi connectivity index (χ0v) is 12.7. The Morgan fingerprint density at radius 2 is 2.00 bits per heavy atom. The highest BCUT2D eigenvalue weighted by molar-refractivity contribution is 5.71. The standard InChI is InChI=1S/C19H23N/c1-13(2)16-8-7-15-5-4-6-17(18(15)11-16)19-12-20-10-9-14(19)3/h4-6,9-10,12-13,16H,7-8,11H2,1-3H3. The number of hydrogen-bond donors (Lipinski definition) is 0. The van der Waals surface area contributed by atoms with Gasteiger partial charge in [0.1, 0.15) is 0 Å². The Morgan fingerprint density at radius 3 is 2.75 bits per heavy atom. The van der Waals surface area contributed by atoms with Gasteiger partial charge in [0.25, 0.3) is 0 Å². The van der Waals surface area contributed by atoms with Gasteiger partial charge in [-0.1, -0.05) is 32.0 Å². The molecule has 0 radical (unpaired) electrons. The van der Waals surface area contributed by atoms with Crippen molar-refractivity contribution in [2.24, 2.45) is 11.8 Å². The Balaban J connectivity index is 2.08. The molecule has 1 aliphatic rings. The molecular weight excluding hydrogens is 242 g/mol. The van der Waals surface area contributed by atoms with Crippen molar-refractivity contribution in [1.82, 2.24) is 4.98 Å². The van der Waals surface area contributed by atoms with Gasteiger partial charge in [-0.05, 0) is 66.3 Å². The van der Waals surface area contributed by atoms with E-state index < -0.39 is 0 Å². The van der Waals surface area contributed by atoms with E-state index in [-0.39, 0.29) is 0 Å². The van der Waals surface area contributed by atoms with Crippen LogP contribution in [0.4, 0.5) is 0 Å². The first-order valence-corrected chi connectivity index (χ1v) is 7.68. The molecule has 1 atom stereocenters. The van der Waals surface area contributed by atoms with Crippen LogP contribution in [-0.4, -0.2) is 4.98 Å². The normalized spacial score (nSPS) is 18.1. The fraction of sp³-hybridized carbons (Fsp3) is 0.421. The molecule has 1 nitrogen and oxygen atoms in total. The molecule has 2 aromatic rings. The fourth-order valence-electron chi connectivity index (χ4n) is 3.38. The molecule has 0 aliphatic heterocycles. The van der Waals surface area contributed by atoms with Crippen LogP contribution in [-0.2, 0) is 12.8 Å². The van der Waals surface area contributed by atoms with Crippen LogP contribution in [0.15, 0.2) is 36.7 Å². The fourth-order valence-corrected chi connectivity index (χ4v) is 3.38. The maximum absolute atomic E-state index is 4.32. The van der Waals surface area contributed by atoms with Crippen molar-refractivity contribution < 1.29 is 0 Å². The third kappa shape index (κ3) is 2.37. The van der Waals surface area contributed by atoms with Crippen LogP contribution in [0.25, 0.3) is 11.1 Å². The van der Waals surface area contributed by atoms with Crippen molar-refractivity contribution in [1.29, 1.82) is 0 Å². The summed E-state index contributed by atoms with van der Waals surface area (Å²) in [7, 11) is 0. The van der Waals surface area contributed by atoms with Crippen LogP contribution in [0.2, 0.25) is 0 Å². The molecule has 1 heteroatoms. The summed E-state index contributed by atoms with van der Waals surface area (Å²) >= 11 is 0. The third-order valence-electron chi connectivity index (χ3n) is 4.80. The number of rotatable bonds is 2. The van der Waals surface area contributed by atoms with Gasteiger partial charge in [0, 0.05) is 18.0 Å². The van der Waals surface area contributed by atoms with Crippen molar-refractivity contribution >= 4 is 0 Å². The van der Waals surface area contributed by atoms with Crippen molar-refractivity contribution in [3.63, 3.8) is 0 Å². The Bertz CT molecular complexity index is 613. The minimum absolute atomic E-state index is 0.770. The maximum Gasteiger partial charge on any atom is 0.0349 e. The molecule has 1 aromatic carbocycles. The SMILES string of the molecule is Cc1ccncc1-c1cccc2c1CC(C(C)C)CC2. The van der Waals surface area contributed by atoms with E-state index in [1.807, 2.05) is 12.4 Å². The zero-order valence-electron chi connectivity index (χ0n) is 12.7. The molecular formula is C19H23N. The summed E-state index contributed by atoms with van der Waals surface area (Å²) in [5.74, 6) is 1.59. The summed E-state index contributed by atoms with van der Waals surface area (Å²) in [6.07, 6.45) is 7.68. The summed E-state index contributed by atoms with van der Waals surface area (Å²) in [6, 6.07) is 8.89. The number of benzene rings is 1. The van der Waals surface area contributed by atoms with E-state index in [4.69, 9.17) is 0 Å². The predicted octanol–water partition coefficient (Wildman–Crippen LogP) is 4.82. The average Bonchev–Trinajstić information content (AvgIpc) is 2.46. The molecule has 1 aromatic heterocycles. The Kier molecular flexibility index (Phi) is 3.60. The number of hydrogen-bond acceptors (Lipinski definition) is 1. The van der Waals surface area contributed by atoms with Gasteiger partial charge in [-0.3, -0.25) is 4.98 Å². The van der Waals surface area contributed by atoms with E-state index in [9.17, 15) is 0 Å². The van der Waals surface area contributed by atoms with E-state index in [1.165, 1.54) is 36.0 Å². The largest absolute Gasteiger partial charge is 0.264 e. The van der Waals surface area contributed by atoms with Gasteiger partial charge < -0.3 is 0 Å². The topological polar surface area (TPSA) is 12.9 Å². The summed E-state index contributed by atoms with van der Waals surface area (Å²) in [6.45, 7) is 6.89. The van der Waals surface area contributed by atoms with Gasteiger partial charge in [0.05, 0.1) is 0 Å². The second-order valence-corrected chi connectivity index (χ2v) is 6.38. The third-order valence-corrected chi connectivity index (χ3v) is 4.80. The van der Waals surface area contributed by atoms with E-state index >= 15 is 0 Å². The molecule has 1 heterocycles.